The number of halogens is 2. The topological polar surface area (TPSA) is 12.0 Å². The summed E-state index contributed by atoms with van der Waals surface area (Å²) in [6.45, 7) is 5.08. The van der Waals surface area contributed by atoms with Gasteiger partial charge in [0.15, 0.2) is 0 Å². The van der Waals surface area contributed by atoms with E-state index in [1.54, 1.807) is 6.07 Å². The SMILES string of the molecule is CCCCCC(CCCCC)NCc1cc(Br)ccc1F. The molecule has 21 heavy (non-hydrogen) atoms. The monoisotopic (exact) mass is 357 g/mol. The van der Waals surface area contributed by atoms with E-state index in [-0.39, 0.29) is 5.82 Å². The second kappa shape index (κ2) is 11.2. The zero-order valence-corrected chi connectivity index (χ0v) is 15.0. The third-order valence-electron chi connectivity index (χ3n) is 3.90. The standard InChI is InChI=1S/C18H29BrFN/c1-3-5-7-9-17(10-8-6-4-2)21-14-15-13-16(19)11-12-18(15)20/h11-13,17,21H,3-10,14H2,1-2H3. The first kappa shape index (κ1) is 18.6. The number of hydrogen-bond acceptors (Lipinski definition) is 1. The van der Waals surface area contributed by atoms with Crippen molar-refractivity contribution in [1.29, 1.82) is 0 Å². The molecular weight excluding hydrogens is 329 g/mol. The van der Waals surface area contributed by atoms with Crippen LogP contribution in [0.1, 0.15) is 70.8 Å². The molecule has 1 aromatic rings. The average molecular weight is 358 g/mol. The molecule has 120 valence electrons. The number of hydrogen-bond donors (Lipinski definition) is 1. The van der Waals surface area contributed by atoms with E-state index in [2.05, 4.69) is 35.1 Å². The predicted octanol–water partition coefficient (Wildman–Crippen LogP) is 6.21. The summed E-state index contributed by atoms with van der Waals surface area (Å²) in [5.41, 5.74) is 0.750. The van der Waals surface area contributed by atoms with Crippen LogP contribution < -0.4 is 5.32 Å². The normalized spacial score (nSPS) is 11.3. The Kier molecular flexibility index (Phi) is 9.94. The highest BCUT2D eigenvalue weighted by atomic mass is 79.9. The van der Waals surface area contributed by atoms with Crippen LogP contribution in [0.4, 0.5) is 4.39 Å². The van der Waals surface area contributed by atoms with E-state index >= 15 is 0 Å². The highest BCUT2D eigenvalue weighted by Crippen LogP contribution is 2.17. The number of unbranched alkanes of at least 4 members (excludes halogenated alkanes) is 4. The molecule has 0 bridgehead atoms. The van der Waals surface area contributed by atoms with E-state index in [4.69, 9.17) is 0 Å². The molecule has 0 aromatic heterocycles. The van der Waals surface area contributed by atoms with Crippen molar-refractivity contribution in [3.8, 4) is 0 Å². The summed E-state index contributed by atoms with van der Waals surface area (Å²) in [4.78, 5) is 0. The van der Waals surface area contributed by atoms with Gasteiger partial charge < -0.3 is 5.32 Å². The van der Waals surface area contributed by atoms with Crippen LogP contribution in [0.2, 0.25) is 0 Å². The van der Waals surface area contributed by atoms with Crippen molar-refractivity contribution < 1.29 is 4.39 Å². The van der Waals surface area contributed by atoms with Crippen LogP contribution in [0, 0.1) is 5.82 Å². The zero-order chi connectivity index (χ0) is 15.5. The van der Waals surface area contributed by atoms with Crippen LogP contribution in [-0.4, -0.2) is 6.04 Å². The van der Waals surface area contributed by atoms with Gasteiger partial charge in [0, 0.05) is 22.6 Å². The Morgan fingerprint density at radius 2 is 1.67 bits per heavy atom. The third kappa shape index (κ3) is 7.96. The van der Waals surface area contributed by atoms with Crippen molar-refractivity contribution in [2.24, 2.45) is 0 Å². The van der Waals surface area contributed by atoms with Gasteiger partial charge in [0.25, 0.3) is 0 Å². The van der Waals surface area contributed by atoms with Gasteiger partial charge in [-0.3, -0.25) is 0 Å². The molecule has 0 radical (unpaired) electrons. The maximum atomic E-state index is 13.8. The van der Waals surface area contributed by atoms with Crippen molar-refractivity contribution in [2.45, 2.75) is 77.8 Å². The molecule has 0 heterocycles. The number of rotatable bonds is 11. The quantitative estimate of drug-likeness (QED) is 0.464. The Morgan fingerprint density at radius 1 is 1.05 bits per heavy atom. The zero-order valence-electron chi connectivity index (χ0n) is 13.4. The molecule has 0 spiro atoms. The first-order chi connectivity index (χ1) is 10.2. The highest BCUT2D eigenvalue weighted by molar-refractivity contribution is 9.10. The van der Waals surface area contributed by atoms with E-state index in [0.717, 1.165) is 10.0 Å². The van der Waals surface area contributed by atoms with Crippen molar-refractivity contribution in [3.05, 3.63) is 34.1 Å². The predicted molar refractivity (Wildman–Crippen MR) is 93.0 cm³/mol. The van der Waals surface area contributed by atoms with Crippen molar-refractivity contribution in [2.75, 3.05) is 0 Å². The summed E-state index contributed by atoms with van der Waals surface area (Å²) in [6.07, 6.45) is 10.0. The van der Waals surface area contributed by atoms with Gasteiger partial charge in [0.05, 0.1) is 0 Å². The minimum atomic E-state index is -0.119. The van der Waals surface area contributed by atoms with Crippen LogP contribution in [0.3, 0.4) is 0 Å². The van der Waals surface area contributed by atoms with Crippen LogP contribution in [-0.2, 0) is 6.54 Å². The average Bonchev–Trinajstić information content (AvgIpc) is 2.47. The van der Waals surface area contributed by atoms with E-state index in [9.17, 15) is 4.39 Å². The van der Waals surface area contributed by atoms with Crippen LogP contribution >= 0.6 is 15.9 Å². The lowest BCUT2D eigenvalue weighted by Gasteiger charge is -2.19. The van der Waals surface area contributed by atoms with Gasteiger partial charge in [-0.05, 0) is 31.0 Å². The van der Waals surface area contributed by atoms with Gasteiger partial charge in [-0.1, -0.05) is 68.3 Å². The van der Waals surface area contributed by atoms with E-state index in [1.165, 1.54) is 57.4 Å². The maximum absolute atomic E-state index is 13.8. The molecule has 0 aliphatic heterocycles. The van der Waals surface area contributed by atoms with Crippen LogP contribution in [0.25, 0.3) is 0 Å². The third-order valence-corrected chi connectivity index (χ3v) is 4.39. The van der Waals surface area contributed by atoms with E-state index < -0.39 is 0 Å². The molecule has 0 fully saturated rings. The highest BCUT2D eigenvalue weighted by Gasteiger charge is 2.10. The van der Waals surface area contributed by atoms with Gasteiger partial charge in [0.1, 0.15) is 5.82 Å². The van der Waals surface area contributed by atoms with Gasteiger partial charge in [-0.2, -0.15) is 0 Å². The van der Waals surface area contributed by atoms with Crippen molar-refractivity contribution in [3.63, 3.8) is 0 Å². The Morgan fingerprint density at radius 3 is 2.24 bits per heavy atom. The molecule has 1 rings (SSSR count). The Labute approximate surface area is 137 Å². The minimum absolute atomic E-state index is 0.119. The molecule has 0 unspecified atom stereocenters. The molecule has 0 aliphatic carbocycles. The van der Waals surface area contributed by atoms with Crippen LogP contribution in [0.5, 0.6) is 0 Å². The summed E-state index contributed by atoms with van der Waals surface area (Å²) in [6, 6.07) is 5.67. The van der Waals surface area contributed by atoms with E-state index in [0.29, 0.717) is 12.6 Å². The molecular formula is C18H29BrFN. The van der Waals surface area contributed by atoms with Crippen molar-refractivity contribution >= 4 is 15.9 Å². The number of benzene rings is 1. The largest absolute Gasteiger partial charge is 0.310 e. The van der Waals surface area contributed by atoms with Gasteiger partial charge in [-0.15, -0.1) is 0 Å². The fourth-order valence-electron chi connectivity index (χ4n) is 2.56. The molecule has 1 aromatic carbocycles. The summed E-state index contributed by atoms with van der Waals surface area (Å²) >= 11 is 3.41. The van der Waals surface area contributed by atoms with E-state index in [1.807, 2.05) is 6.07 Å². The first-order valence-corrected chi connectivity index (χ1v) is 9.14. The Bertz CT molecular complexity index is 385. The lowest BCUT2D eigenvalue weighted by Crippen LogP contribution is -2.29. The fourth-order valence-corrected chi connectivity index (χ4v) is 2.97. The molecule has 0 aliphatic rings. The second-order valence-electron chi connectivity index (χ2n) is 5.81. The Balaban J connectivity index is 2.47. The smallest absolute Gasteiger partial charge is 0.127 e. The first-order valence-electron chi connectivity index (χ1n) is 8.34. The minimum Gasteiger partial charge on any atom is -0.310 e. The number of nitrogens with one attached hydrogen (secondary N) is 1. The van der Waals surface area contributed by atoms with Gasteiger partial charge >= 0.3 is 0 Å². The molecule has 0 saturated carbocycles. The van der Waals surface area contributed by atoms with Gasteiger partial charge in [0.2, 0.25) is 0 Å². The molecule has 0 amide bonds. The maximum Gasteiger partial charge on any atom is 0.127 e. The summed E-state index contributed by atoms with van der Waals surface area (Å²) in [5, 5.41) is 3.56. The molecule has 1 N–H and O–H groups in total. The fraction of sp³-hybridized carbons (Fsp3) is 0.667. The Hall–Kier alpha value is -0.410. The lowest BCUT2D eigenvalue weighted by atomic mass is 10.0. The summed E-state index contributed by atoms with van der Waals surface area (Å²) < 4.78 is 14.7. The lowest BCUT2D eigenvalue weighted by molar-refractivity contribution is 0.414. The second-order valence-corrected chi connectivity index (χ2v) is 6.72. The van der Waals surface area contributed by atoms with Crippen LogP contribution in [0.15, 0.2) is 22.7 Å². The molecule has 0 saturated heterocycles. The summed E-state index contributed by atoms with van der Waals surface area (Å²) in [5.74, 6) is -0.119. The summed E-state index contributed by atoms with van der Waals surface area (Å²) in [7, 11) is 0. The van der Waals surface area contributed by atoms with Crippen molar-refractivity contribution in [1.82, 2.24) is 5.32 Å². The molecule has 3 heteroatoms. The molecule has 0 atom stereocenters. The van der Waals surface area contributed by atoms with Gasteiger partial charge in [-0.25, -0.2) is 4.39 Å². The molecule has 1 nitrogen and oxygen atoms in total.